The Labute approximate surface area is 187 Å². The van der Waals surface area contributed by atoms with Crippen molar-refractivity contribution in [2.75, 3.05) is 7.11 Å². The number of hydrogen-bond donors (Lipinski definition) is 0. The number of benzene rings is 3. The lowest BCUT2D eigenvalue weighted by atomic mass is 10.0. The Morgan fingerprint density at radius 1 is 0.970 bits per heavy atom. The van der Waals surface area contributed by atoms with Crippen LogP contribution in [0.2, 0.25) is 0 Å². The van der Waals surface area contributed by atoms with Gasteiger partial charge in [-0.3, -0.25) is 4.79 Å². The molecule has 0 atom stereocenters. The van der Waals surface area contributed by atoms with Crippen molar-refractivity contribution in [3.05, 3.63) is 89.8 Å². The van der Waals surface area contributed by atoms with Gasteiger partial charge in [-0.15, -0.1) is 0 Å². The van der Waals surface area contributed by atoms with Crippen molar-refractivity contribution in [3.8, 4) is 28.6 Å². The summed E-state index contributed by atoms with van der Waals surface area (Å²) in [6.45, 7) is -2.97. The smallest absolute Gasteiger partial charge is 0.387 e. The van der Waals surface area contributed by atoms with Crippen molar-refractivity contribution in [2.24, 2.45) is 0 Å². The van der Waals surface area contributed by atoms with E-state index in [1.165, 1.54) is 25.3 Å². The average molecular weight is 452 g/mol. The summed E-state index contributed by atoms with van der Waals surface area (Å²) in [5, 5.41) is 3.88. The molecule has 168 valence electrons. The molecule has 0 saturated carbocycles. The molecule has 0 amide bonds. The second kappa shape index (κ2) is 9.90. The number of nitrogens with zero attached hydrogens (tertiary/aromatic N) is 2. The third kappa shape index (κ3) is 5.32. The molecule has 0 unspecified atom stereocenters. The molecular weight excluding hydrogens is 434 g/mol. The van der Waals surface area contributed by atoms with Gasteiger partial charge in [-0.1, -0.05) is 35.5 Å². The van der Waals surface area contributed by atoms with E-state index in [-0.39, 0.29) is 35.6 Å². The predicted octanol–water partition coefficient (Wildman–Crippen LogP) is 5.16. The van der Waals surface area contributed by atoms with Crippen molar-refractivity contribution >= 4 is 5.78 Å². The Bertz CT molecular complexity index is 1230. The molecule has 0 aliphatic heterocycles. The fourth-order valence-electron chi connectivity index (χ4n) is 3.03. The van der Waals surface area contributed by atoms with E-state index < -0.39 is 6.61 Å². The maximum Gasteiger partial charge on any atom is 0.387 e. The van der Waals surface area contributed by atoms with E-state index in [1.54, 1.807) is 36.4 Å². The van der Waals surface area contributed by atoms with Crippen molar-refractivity contribution in [1.82, 2.24) is 10.1 Å². The van der Waals surface area contributed by atoms with Crippen LogP contribution in [0.1, 0.15) is 21.8 Å². The molecule has 7 nitrogen and oxygen atoms in total. The summed E-state index contributed by atoms with van der Waals surface area (Å²) in [5.41, 5.74) is 1.64. The monoisotopic (exact) mass is 452 g/mol. The first-order chi connectivity index (χ1) is 16.0. The quantitative estimate of drug-likeness (QED) is 0.325. The third-order valence-electron chi connectivity index (χ3n) is 4.62. The Morgan fingerprint density at radius 3 is 2.39 bits per heavy atom. The molecule has 33 heavy (non-hydrogen) atoms. The van der Waals surface area contributed by atoms with Crippen molar-refractivity contribution in [3.63, 3.8) is 0 Å². The summed E-state index contributed by atoms with van der Waals surface area (Å²) >= 11 is 0. The van der Waals surface area contributed by atoms with Crippen LogP contribution in [-0.2, 0) is 6.61 Å². The maximum absolute atomic E-state index is 12.5. The molecule has 0 fully saturated rings. The van der Waals surface area contributed by atoms with Gasteiger partial charge in [0.05, 0.1) is 7.11 Å². The number of carbonyl (C=O) groups is 1. The van der Waals surface area contributed by atoms with Gasteiger partial charge in [-0.2, -0.15) is 13.8 Å². The molecule has 0 radical (unpaired) electrons. The zero-order valence-corrected chi connectivity index (χ0v) is 17.4. The lowest BCUT2D eigenvalue weighted by Crippen LogP contribution is -2.03. The number of alkyl halides is 2. The summed E-state index contributed by atoms with van der Waals surface area (Å²) in [6.07, 6.45) is 0. The Hall–Kier alpha value is -4.27. The standard InChI is InChI=1S/C24H18F2N2O5/c1-30-20-13-17(9-12-19(20)32-24(25)26)23-27-21(33-28-23)14-31-18-10-7-16(8-11-18)22(29)15-5-3-2-4-6-15/h2-13,24H,14H2,1H3. The van der Waals surface area contributed by atoms with Crippen LogP contribution in [0.5, 0.6) is 17.2 Å². The van der Waals surface area contributed by atoms with Gasteiger partial charge in [0.1, 0.15) is 5.75 Å². The third-order valence-corrected chi connectivity index (χ3v) is 4.62. The van der Waals surface area contributed by atoms with Gasteiger partial charge in [-0.05, 0) is 42.5 Å². The molecule has 3 aromatic carbocycles. The molecule has 4 aromatic rings. The first kappa shape index (κ1) is 21.9. The Morgan fingerprint density at radius 2 is 1.70 bits per heavy atom. The molecule has 1 heterocycles. The minimum Gasteiger partial charge on any atom is -0.493 e. The maximum atomic E-state index is 12.5. The fraction of sp³-hybridized carbons (Fsp3) is 0.125. The van der Waals surface area contributed by atoms with Gasteiger partial charge in [-0.25, -0.2) is 0 Å². The topological polar surface area (TPSA) is 83.7 Å². The Kier molecular flexibility index (Phi) is 6.58. The minimum absolute atomic E-state index is 0.00267. The molecule has 0 aliphatic rings. The SMILES string of the molecule is COc1cc(-c2noc(COc3ccc(C(=O)c4ccccc4)cc3)n2)ccc1OC(F)F. The number of aromatic nitrogens is 2. The Balaban J connectivity index is 1.40. The van der Waals surface area contributed by atoms with Gasteiger partial charge < -0.3 is 18.7 Å². The number of halogens is 2. The summed E-state index contributed by atoms with van der Waals surface area (Å²) in [5.74, 6) is 0.900. The zero-order valence-electron chi connectivity index (χ0n) is 17.4. The van der Waals surface area contributed by atoms with Crippen LogP contribution < -0.4 is 14.2 Å². The van der Waals surface area contributed by atoms with E-state index in [2.05, 4.69) is 14.9 Å². The van der Waals surface area contributed by atoms with E-state index in [4.69, 9.17) is 14.0 Å². The highest BCUT2D eigenvalue weighted by Gasteiger charge is 2.15. The number of ether oxygens (including phenoxy) is 3. The van der Waals surface area contributed by atoms with Crippen LogP contribution in [0.25, 0.3) is 11.4 Å². The molecule has 4 rings (SSSR count). The van der Waals surface area contributed by atoms with Gasteiger partial charge in [0.25, 0.3) is 5.89 Å². The number of hydrogen-bond acceptors (Lipinski definition) is 7. The van der Waals surface area contributed by atoms with Crippen LogP contribution in [-0.4, -0.2) is 29.6 Å². The number of carbonyl (C=O) groups excluding carboxylic acids is 1. The van der Waals surface area contributed by atoms with Gasteiger partial charge in [0, 0.05) is 16.7 Å². The van der Waals surface area contributed by atoms with Gasteiger partial charge in [0.15, 0.2) is 23.9 Å². The highest BCUT2D eigenvalue weighted by molar-refractivity contribution is 6.08. The molecule has 0 aliphatic carbocycles. The van der Waals surface area contributed by atoms with Crippen molar-refractivity contribution in [2.45, 2.75) is 13.2 Å². The van der Waals surface area contributed by atoms with Crippen LogP contribution >= 0.6 is 0 Å². The molecule has 0 spiro atoms. The molecule has 0 N–H and O–H groups in total. The summed E-state index contributed by atoms with van der Waals surface area (Å²) in [4.78, 5) is 16.7. The summed E-state index contributed by atoms with van der Waals surface area (Å²) < 4.78 is 45.3. The first-order valence-corrected chi connectivity index (χ1v) is 9.82. The second-order valence-electron chi connectivity index (χ2n) is 6.76. The first-order valence-electron chi connectivity index (χ1n) is 9.82. The molecule has 9 heteroatoms. The molecule has 1 aromatic heterocycles. The highest BCUT2D eigenvalue weighted by Crippen LogP contribution is 2.32. The van der Waals surface area contributed by atoms with E-state index in [1.807, 2.05) is 18.2 Å². The summed E-state index contributed by atoms with van der Waals surface area (Å²) in [7, 11) is 1.34. The van der Waals surface area contributed by atoms with Gasteiger partial charge in [0.2, 0.25) is 5.82 Å². The highest BCUT2D eigenvalue weighted by atomic mass is 19.3. The van der Waals surface area contributed by atoms with Crippen LogP contribution in [0.15, 0.2) is 77.3 Å². The van der Waals surface area contributed by atoms with Gasteiger partial charge >= 0.3 is 6.61 Å². The number of ketones is 1. The van der Waals surface area contributed by atoms with Crippen LogP contribution in [0.3, 0.4) is 0 Å². The normalized spacial score (nSPS) is 10.8. The van der Waals surface area contributed by atoms with E-state index >= 15 is 0 Å². The molecule has 0 saturated heterocycles. The number of methoxy groups -OCH3 is 1. The van der Waals surface area contributed by atoms with Crippen molar-refractivity contribution in [1.29, 1.82) is 0 Å². The number of rotatable bonds is 9. The lowest BCUT2D eigenvalue weighted by molar-refractivity contribution is -0.0512. The van der Waals surface area contributed by atoms with E-state index in [9.17, 15) is 13.6 Å². The van der Waals surface area contributed by atoms with E-state index in [0.29, 0.717) is 22.4 Å². The summed E-state index contributed by atoms with van der Waals surface area (Å²) in [6, 6.07) is 20.0. The minimum atomic E-state index is -2.97. The zero-order chi connectivity index (χ0) is 23.2. The largest absolute Gasteiger partial charge is 0.493 e. The van der Waals surface area contributed by atoms with E-state index in [0.717, 1.165) is 0 Å². The van der Waals surface area contributed by atoms with Crippen LogP contribution in [0, 0.1) is 0 Å². The predicted molar refractivity (Wildman–Crippen MR) is 114 cm³/mol. The van der Waals surface area contributed by atoms with Crippen LogP contribution in [0.4, 0.5) is 8.78 Å². The second-order valence-corrected chi connectivity index (χ2v) is 6.76. The van der Waals surface area contributed by atoms with Crippen molar-refractivity contribution < 1.29 is 32.3 Å². The molecular formula is C24H18F2N2O5. The average Bonchev–Trinajstić information content (AvgIpc) is 3.32. The molecule has 0 bridgehead atoms. The fourth-order valence-corrected chi connectivity index (χ4v) is 3.03. The lowest BCUT2D eigenvalue weighted by Gasteiger charge is -2.10.